The highest BCUT2D eigenvalue weighted by Crippen LogP contribution is 2.26. The first kappa shape index (κ1) is 13.9. The molecule has 2 N–H and O–H groups in total. The van der Waals surface area contributed by atoms with Crippen molar-refractivity contribution in [2.75, 3.05) is 6.54 Å². The molecule has 1 aromatic rings. The smallest absolute Gasteiger partial charge is 0.304 e. The molecule has 1 aliphatic rings. The van der Waals surface area contributed by atoms with Crippen LogP contribution in [-0.2, 0) is 11.3 Å². The van der Waals surface area contributed by atoms with E-state index in [2.05, 4.69) is 4.90 Å². The van der Waals surface area contributed by atoms with Gasteiger partial charge in [-0.25, -0.2) is 0 Å². The summed E-state index contributed by atoms with van der Waals surface area (Å²) in [5.41, 5.74) is 2.00. The van der Waals surface area contributed by atoms with Gasteiger partial charge in [0.15, 0.2) is 0 Å². The minimum Gasteiger partial charge on any atom is -0.508 e. The van der Waals surface area contributed by atoms with Gasteiger partial charge in [0.2, 0.25) is 0 Å². The van der Waals surface area contributed by atoms with Gasteiger partial charge in [0.25, 0.3) is 0 Å². The molecule has 1 heterocycles. The van der Waals surface area contributed by atoms with Crippen molar-refractivity contribution in [3.8, 4) is 5.75 Å². The zero-order chi connectivity index (χ0) is 13.8. The van der Waals surface area contributed by atoms with Crippen molar-refractivity contribution in [3.05, 3.63) is 29.3 Å². The third kappa shape index (κ3) is 3.70. The van der Waals surface area contributed by atoms with Crippen LogP contribution in [0.5, 0.6) is 5.75 Å². The molecule has 104 valence electrons. The normalized spacial score (nSPS) is 20.4. The van der Waals surface area contributed by atoms with Crippen molar-refractivity contribution in [1.82, 2.24) is 4.90 Å². The average molecular weight is 263 g/mol. The van der Waals surface area contributed by atoms with Gasteiger partial charge in [-0.2, -0.15) is 0 Å². The molecular weight excluding hydrogens is 242 g/mol. The second-order valence-electron chi connectivity index (χ2n) is 5.35. The largest absolute Gasteiger partial charge is 0.508 e. The number of carboxylic acid groups (broad SMARTS) is 1. The summed E-state index contributed by atoms with van der Waals surface area (Å²) in [6, 6.07) is 5.65. The highest BCUT2D eigenvalue weighted by molar-refractivity contribution is 5.67. The first-order valence-electron chi connectivity index (χ1n) is 6.80. The summed E-state index contributed by atoms with van der Waals surface area (Å²) in [5.74, 6) is -0.449. The lowest BCUT2D eigenvalue weighted by Gasteiger charge is -2.35. The topological polar surface area (TPSA) is 60.8 Å². The maximum absolute atomic E-state index is 10.9. The van der Waals surface area contributed by atoms with E-state index in [0.29, 0.717) is 12.3 Å². The van der Waals surface area contributed by atoms with Crippen molar-refractivity contribution in [3.63, 3.8) is 0 Å². The van der Waals surface area contributed by atoms with Crippen LogP contribution in [0.15, 0.2) is 18.2 Å². The number of aliphatic carboxylic acids is 1. The molecule has 1 aliphatic heterocycles. The highest BCUT2D eigenvalue weighted by atomic mass is 16.4. The first-order chi connectivity index (χ1) is 9.06. The summed E-state index contributed by atoms with van der Waals surface area (Å²) in [4.78, 5) is 13.1. The molecule has 1 aromatic carbocycles. The quantitative estimate of drug-likeness (QED) is 0.876. The van der Waals surface area contributed by atoms with Crippen molar-refractivity contribution >= 4 is 5.97 Å². The van der Waals surface area contributed by atoms with Gasteiger partial charge in [-0.3, -0.25) is 9.69 Å². The van der Waals surface area contributed by atoms with Crippen LogP contribution >= 0.6 is 0 Å². The van der Waals surface area contributed by atoms with Crippen LogP contribution < -0.4 is 0 Å². The SMILES string of the molecule is Cc1ccc(O)c(CN2CCCCC2CC(=O)O)c1. The van der Waals surface area contributed by atoms with E-state index in [0.717, 1.165) is 36.9 Å². The van der Waals surface area contributed by atoms with E-state index in [4.69, 9.17) is 5.11 Å². The highest BCUT2D eigenvalue weighted by Gasteiger charge is 2.25. The van der Waals surface area contributed by atoms with Crippen LogP contribution in [0.4, 0.5) is 0 Å². The predicted molar refractivity (Wildman–Crippen MR) is 73.1 cm³/mol. The number of rotatable bonds is 4. The number of hydrogen-bond acceptors (Lipinski definition) is 3. The monoisotopic (exact) mass is 263 g/mol. The van der Waals surface area contributed by atoms with Crippen LogP contribution in [0, 0.1) is 6.92 Å². The van der Waals surface area contributed by atoms with Gasteiger partial charge in [0, 0.05) is 18.2 Å². The van der Waals surface area contributed by atoms with Crippen LogP contribution in [0.25, 0.3) is 0 Å². The van der Waals surface area contributed by atoms with E-state index < -0.39 is 5.97 Å². The molecule has 0 bridgehead atoms. The number of phenols is 1. The molecule has 4 nitrogen and oxygen atoms in total. The number of hydrogen-bond donors (Lipinski definition) is 2. The van der Waals surface area contributed by atoms with Gasteiger partial charge >= 0.3 is 5.97 Å². The molecule has 1 atom stereocenters. The molecule has 0 aromatic heterocycles. The van der Waals surface area contributed by atoms with E-state index in [1.807, 2.05) is 19.1 Å². The van der Waals surface area contributed by atoms with E-state index in [1.165, 1.54) is 0 Å². The van der Waals surface area contributed by atoms with Crippen molar-refractivity contribution in [1.29, 1.82) is 0 Å². The zero-order valence-corrected chi connectivity index (χ0v) is 11.3. The molecule has 0 aliphatic carbocycles. The molecule has 4 heteroatoms. The Labute approximate surface area is 113 Å². The Morgan fingerprint density at radius 3 is 2.95 bits per heavy atom. The van der Waals surface area contributed by atoms with Crippen LogP contribution in [0.2, 0.25) is 0 Å². The Balaban J connectivity index is 2.10. The number of likely N-dealkylation sites (tertiary alicyclic amines) is 1. The lowest BCUT2D eigenvalue weighted by atomic mass is 9.98. The third-order valence-electron chi connectivity index (χ3n) is 3.77. The third-order valence-corrected chi connectivity index (χ3v) is 3.77. The molecule has 0 spiro atoms. The maximum atomic E-state index is 10.9. The fourth-order valence-electron chi connectivity index (χ4n) is 2.76. The van der Waals surface area contributed by atoms with E-state index in [1.54, 1.807) is 6.07 Å². The molecule has 1 unspecified atom stereocenters. The van der Waals surface area contributed by atoms with Gasteiger partial charge in [0.05, 0.1) is 6.42 Å². The van der Waals surface area contributed by atoms with Crippen LogP contribution in [0.1, 0.15) is 36.8 Å². The fourth-order valence-corrected chi connectivity index (χ4v) is 2.76. The number of aromatic hydroxyl groups is 1. The van der Waals surface area contributed by atoms with Gasteiger partial charge in [-0.05, 0) is 32.4 Å². The van der Waals surface area contributed by atoms with Crippen LogP contribution in [-0.4, -0.2) is 33.7 Å². The Hall–Kier alpha value is -1.55. The Morgan fingerprint density at radius 1 is 1.42 bits per heavy atom. The minimum atomic E-state index is -0.745. The fraction of sp³-hybridized carbons (Fsp3) is 0.533. The minimum absolute atomic E-state index is 0.0890. The van der Waals surface area contributed by atoms with E-state index in [9.17, 15) is 9.90 Å². The Bertz CT molecular complexity index is 459. The molecular formula is C15H21NO3. The number of aryl methyl sites for hydroxylation is 1. The second-order valence-corrected chi connectivity index (χ2v) is 5.35. The molecule has 2 rings (SSSR count). The van der Waals surface area contributed by atoms with Crippen molar-refractivity contribution in [2.45, 2.75) is 45.2 Å². The lowest BCUT2D eigenvalue weighted by Crippen LogP contribution is -2.40. The number of carbonyl (C=O) groups is 1. The summed E-state index contributed by atoms with van der Waals surface area (Å²) >= 11 is 0. The average Bonchev–Trinajstić information content (AvgIpc) is 2.35. The van der Waals surface area contributed by atoms with Gasteiger partial charge < -0.3 is 10.2 Å². The van der Waals surface area contributed by atoms with Gasteiger partial charge in [0.1, 0.15) is 5.75 Å². The summed E-state index contributed by atoms with van der Waals surface area (Å²) in [6.07, 6.45) is 3.31. The first-order valence-corrected chi connectivity index (χ1v) is 6.80. The molecule has 1 fully saturated rings. The summed E-state index contributed by atoms with van der Waals surface area (Å²) < 4.78 is 0. The number of nitrogens with zero attached hydrogens (tertiary/aromatic N) is 1. The van der Waals surface area contributed by atoms with Crippen LogP contribution in [0.3, 0.4) is 0 Å². The van der Waals surface area contributed by atoms with Gasteiger partial charge in [-0.15, -0.1) is 0 Å². The van der Waals surface area contributed by atoms with Crippen molar-refractivity contribution < 1.29 is 15.0 Å². The van der Waals surface area contributed by atoms with Crippen molar-refractivity contribution in [2.24, 2.45) is 0 Å². The van der Waals surface area contributed by atoms with E-state index in [-0.39, 0.29) is 12.5 Å². The molecule has 19 heavy (non-hydrogen) atoms. The Morgan fingerprint density at radius 2 is 2.21 bits per heavy atom. The number of carboxylic acids is 1. The standard InChI is InChI=1S/C15H21NO3/c1-11-5-6-14(17)12(8-11)10-16-7-3-2-4-13(16)9-15(18)19/h5-6,8,13,17H,2-4,7,9-10H2,1H3,(H,18,19). The number of phenolic OH excluding ortho intramolecular Hbond substituents is 1. The lowest BCUT2D eigenvalue weighted by molar-refractivity contribution is -0.138. The molecule has 0 amide bonds. The Kier molecular flexibility index (Phi) is 4.43. The molecule has 1 saturated heterocycles. The summed E-state index contributed by atoms with van der Waals surface area (Å²) in [7, 11) is 0. The molecule has 0 radical (unpaired) electrons. The zero-order valence-electron chi connectivity index (χ0n) is 11.3. The van der Waals surface area contributed by atoms with Gasteiger partial charge in [-0.1, -0.05) is 24.1 Å². The number of benzene rings is 1. The molecule has 0 saturated carbocycles. The predicted octanol–water partition coefficient (Wildman–Crippen LogP) is 2.53. The number of piperidine rings is 1. The maximum Gasteiger partial charge on any atom is 0.304 e. The summed E-state index contributed by atoms with van der Waals surface area (Å²) in [6.45, 7) is 3.53. The summed E-state index contributed by atoms with van der Waals surface area (Å²) in [5, 5.41) is 18.9. The van der Waals surface area contributed by atoms with E-state index >= 15 is 0 Å². The second kappa shape index (κ2) is 6.06.